The molecule has 7 nitrogen and oxygen atoms in total. The Kier molecular flexibility index (Phi) is 10.5. The summed E-state index contributed by atoms with van der Waals surface area (Å²) in [6.07, 6.45) is 3.88. The molecule has 2 fully saturated rings. The van der Waals surface area contributed by atoms with Crippen LogP contribution in [-0.2, 0) is 14.8 Å². The summed E-state index contributed by atoms with van der Waals surface area (Å²) < 4.78 is 31.8. The number of halogens is 1. The molecule has 9 heteroatoms. The van der Waals surface area contributed by atoms with Crippen molar-refractivity contribution in [2.45, 2.75) is 51.7 Å². The minimum Gasteiger partial charge on any atom is -0.373 e. The molecule has 0 radical (unpaired) electrons. The van der Waals surface area contributed by atoms with Crippen LogP contribution >= 0.6 is 24.0 Å². The van der Waals surface area contributed by atoms with Crippen LogP contribution in [0.25, 0.3) is 0 Å². The van der Waals surface area contributed by atoms with Crippen LogP contribution in [0.3, 0.4) is 0 Å². The van der Waals surface area contributed by atoms with Crippen molar-refractivity contribution < 1.29 is 13.2 Å². The molecule has 2 atom stereocenters. The number of sulfonamides is 1. The van der Waals surface area contributed by atoms with E-state index in [0.717, 1.165) is 44.8 Å². The zero-order valence-corrected chi connectivity index (χ0v) is 22.0. The summed E-state index contributed by atoms with van der Waals surface area (Å²) in [5.41, 5.74) is 2.49. The number of nitrogens with zero attached hydrogens (tertiary/aromatic N) is 2. The Bertz CT molecular complexity index is 809. The third kappa shape index (κ3) is 7.30. The van der Waals surface area contributed by atoms with Gasteiger partial charge in [-0.25, -0.2) is 12.7 Å². The van der Waals surface area contributed by atoms with E-state index in [9.17, 15) is 8.42 Å². The van der Waals surface area contributed by atoms with E-state index in [2.05, 4.69) is 46.8 Å². The van der Waals surface area contributed by atoms with Gasteiger partial charge in [-0.15, -0.1) is 24.0 Å². The van der Waals surface area contributed by atoms with Crippen LogP contribution in [0.15, 0.2) is 29.3 Å². The van der Waals surface area contributed by atoms with Crippen molar-refractivity contribution >= 4 is 40.0 Å². The Hall–Kier alpha value is -0.910. The molecule has 1 aromatic carbocycles. The fraction of sp³-hybridized carbons (Fsp3) is 0.682. The first-order valence-electron chi connectivity index (χ1n) is 11.1. The van der Waals surface area contributed by atoms with Crippen molar-refractivity contribution in [1.82, 2.24) is 14.9 Å². The van der Waals surface area contributed by atoms with Gasteiger partial charge in [-0.1, -0.05) is 29.8 Å². The molecule has 1 aromatic rings. The number of nitrogens with one attached hydrogen (secondary N) is 2. The van der Waals surface area contributed by atoms with Crippen molar-refractivity contribution in [3.63, 3.8) is 0 Å². The fourth-order valence-electron chi connectivity index (χ4n) is 4.25. The molecule has 2 aliphatic heterocycles. The second-order valence-electron chi connectivity index (χ2n) is 8.28. The number of hydrogen-bond acceptors (Lipinski definition) is 4. The molecule has 2 unspecified atom stereocenters. The van der Waals surface area contributed by atoms with E-state index >= 15 is 0 Å². The number of benzene rings is 1. The molecule has 2 N–H and O–H groups in total. The quantitative estimate of drug-likeness (QED) is 0.316. The second kappa shape index (κ2) is 12.4. The third-order valence-electron chi connectivity index (χ3n) is 6.16. The summed E-state index contributed by atoms with van der Waals surface area (Å²) in [4.78, 5) is 4.38. The van der Waals surface area contributed by atoms with Crippen molar-refractivity contribution in [2.24, 2.45) is 10.9 Å². The number of aryl methyl sites for hydroxylation is 1. The zero-order chi connectivity index (χ0) is 21.6. The molecule has 176 valence electrons. The Morgan fingerprint density at radius 2 is 1.87 bits per heavy atom. The molecule has 0 amide bonds. The lowest BCUT2D eigenvalue weighted by molar-refractivity contribution is -0.0265. The van der Waals surface area contributed by atoms with Gasteiger partial charge in [-0.3, -0.25) is 4.99 Å². The number of ether oxygens (including phenoxy) is 1. The minimum absolute atomic E-state index is 0. The van der Waals surface area contributed by atoms with Gasteiger partial charge in [0.15, 0.2) is 5.96 Å². The van der Waals surface area contributed by atoms with E-state index in [-0.39, 0.29) is 41.9 Å². The summed E-state index contributed by atoms with van der Waals surface area (Å²) in [6, 6.07) is 8.86. The van der Waals surface area contributed by atoms with E-state index in [1.165, 1.54) is 11.1 Å². The Balaban J connectivity index is 0.00000341. The number of guanidine groups is 1. The smallest absolute Gasteiger partial charge is 0.213 e. The first-order chi connectivity index (χ1) is 14.4. The first kappa shape index (κ1) is 26.3. The summed E-state index contributed by atoms with van der Waals surface area (Å²) in [5, 5.41) is 6.95. The number of rotatable bonds is 6. The maximum absolute atomic E-state index is 12.0. The molecule has 0 saturated carbocycles. The van der Waals surface area contributed by atoms with Crippen molar-refractivity contribution in [1.29, 1.82) is 0 Å². The lowest BCUT2D eigenvalue weighted by atomic mass is 9.89. The predicted molar refractivity (Wildman–Crippen MR) is 137 cm³/mol. The van der Waals surface area contributed by atoms with Gasteiger partial charge in [0.25, 0.3) is 0 Å². The highest BCUT2D eigenvalue weighted by Crippen LogP contribution is 2.33. The molecule has 0 aromatic heterocycles. The summed E-state index contributed by atoms with van der Waals surface area (Å²) in [7, 11) is -1.31. The van der Waals surface area contributed by atoms with Crippen molar-refractivity contribution in [3.8, 4) is 0 Å². The Morgan fingerprint density at radius 1 is 1.19 bits per heavy atom. The van der Waals surface area contributed by atoms with Crippen LogP contribution in [0, 0.1) is 12.8 Å². The second-order valence-corrected chi connectivity index (χ2v) is 10.5. The van der Waals surface area contributed by atoms with Crippen LogP contribution in [0.4, 0.5) is 0 Å². The topological polar surface area (TPSA) is 83.0 Å². The van der Waals surface area contributed by atoms with Gasteiger partial charge < -0.3 is 15.4 Å². The molecule has 2 aliphatic rings. The van der Waals surface area contributed by atoms with Gasteiger partial charge in [-0.2, -0.15) is 0 Å². The van der Waals surface area contributed by atoms with E-state index < -0.39 is 10.0 Å². The van der Waals surface area contributed by atoms with Gasteiger partial charge in [-0.05, 0) is 45.1 Å². The molecule has 0 bridgehead atoms. The third-order valence-corrected chi connectivity index (χ3v) is 8.04. The van der Waals surface area contributed by atoms with Crippen molar-refractivity contribution in [2.75, 3.05) is 39.0 Å². The van der Waals surface area contributed by atoms with Gasteiger partial charge in [0.05, 0.1) is 11.9 Å². The summed E-state index contributed by atoms with van der Waals surface area (Å²) in [6.45, 7) is 6.53. The average molecular weight is 565 g/mol. The molecule has 3 rings (SSSR count). The normalized spacial score (nSPS) is 23.8. The van der Waals surface area contributed by atoms with Crippen LogP contribution in [-0.4, -0.2) is 63.8 Å². The highest BCUT2D eigenvalue weighted by molar-refractivity contribution is 14.0. The van der Waals surface area contributed by atoms with E-state index in [4.69, 9.17) is 4.74 Å². The lowest BCUT2D eigenvalue weighted by Gasteiger charge is -2.34. The highest BCUT2D eigenvalue weighted by atomic mass is 127. The summed E-state index contributed by atoms with van der Waals surface area (Å²) >= 11 is 0. The number of piperidine rings is 1. The van der Waals surface area contributed by atoms with Gasteiger partial charge in [0.2, 0.25) is 10.0 Å². The predicted octanol–water partition coefficient (Wildman–Crippen LogP) is 3.06. The van der Waals surface area contributed by atoms with Crippen LogP contribution in [0.2, 0.25) is 0 Å². The summed E-state index contributed by atoms with van der Waals surface area (Å²) in [5.74, 6) is 1.33. The largest absolute Gasteiger partial charge is 0.373 e. The zero-order valence-electron chi connectivity index (χ0n) is 18.8. The SMILES string of the molecule is CCS(=O)(=O)N1CCC(NC(=NC)NCC2CCCOC2c2ccc(C)cc2)CC1.I. The number of hydrogen-bond donors (Lipinski definition) is 2. The Labute approximate surface area is 204 Å². The monoisotopic (exact) mass is 564 g/mol. The molecular weight excluding hydrogens is 527 g/mol. The van der Waals surface area contributed by atoms with Gasteiger partial charge in [0.1, 0.15) is 0 Å². The van der Waals surface area contributed by atoms with Crippen molar-refractivity contribution in [3.05, 3.63) is 35.4 Å². The molecular formula is C22H37IN4O3S. The van der Waals surface area contributed by atoms with Crippen LogP contribution < -0.4 is 10.6 Å². The Morgan fingerprint density at radius 3 is 2.48 bits per heavy atom. The van der Waals surface area contributed by atoms with E-state index in [1.54, 1.807) is 18.3 Å². The maximum Gasteiger partial charge on any atom is 0.213 e. The molecule has 0 aliphatic carbocycles. The van der Waals surface area contributed by atoms with Crippen LogP contribution in [0.1, 0.15) is 49.8 Å². The van der Waals surface area contributed by atoms with Gasteiger partial charge in [0, 0.05) is 45.2 Å². The average Bonchev–Trinajstić information content (AvgIpc) is 2.77. The lowest BCUT2D eigenvalue weighted by Crippen LogP contribution is -2.50. The molecule has 31 heavy (non-hydrogen) atoms. The van der Waals surface area contributed by atoms with Gasteiger partial charge >= 0.3 is 0 Å². The molecule has 0 spiro atoms. The minimum atomic E-state index is -3.09. The van der Waals surface area contributed by atoms with E-state index in [0.29, 0.717) is 19.0 Å². The highest BCUT2D eigenvalue weighted by Gasteiger charge is 2.29. The first-order valence-corrected chi connectivity index (χ1v) is 12.7. The van der Waals surface area contributed by atoms with Crippen LogP contribution in [0.5, 0.6) is 0 Å². The fourth-order valence-corrected chi connectivity index (χ4v) is 5.39. The maximum atomic E-state index is 12.0. The molecule has 2 saturated heterocycles. The molecule has 2 heterocycles. The standard InChI is InChI=1S/C22H36N4O3S.HI/c1-4-30(27,28)26-13-11-20(12-14-26)25-22(23-3)24-16-19-6-5-15-29-21(19)18-9-7-17(2)8-10-18;/h7-10,19-21H,4-6,11-16H2,1-3H3,(H2,23,24,25);1H. The van der Waals surface area contributed by atoms with E-state index in [1.807, 2.05) is 0 Å². The number of aliphatic imine (C=N–C) groups is 1.